The van der Waals surface area contributed by atoms with Gasteiger partial charge in [0.1, 0.15) is 0 Å². The fourth-order valence-electron chi connectivity index (χ4n) is 1.67. The highest BCUT2D eigenvalue weighted by Crippen LogP contribution is 2.22. The van der Waals surface area contributed by atoms with Crippen LogP contribution in [0.3, 0.4) is 0 Å². The average Bonchev–Trinajstić information content (AvgIpc) is 2.87. The van der Waals surface area contributed by atoms with Crippen molar-refractivity contribution in [2.24, 2.45) is 0 Å². The van der Waals surface area contributed by atoms with E-state index in [1.165, 1.54) is 16.4 Å². The Hall–Kier alpha value is -2.46. The molecule has 0 saturated carbocycles. The minimum absolute atomic E-state index is 0.139. The summed E-state index contributed by atoms with van der Waals surface area (Å²) in [5.41, 5.74) is 1.74. The molecule has 0 aliphatic carbocycles. The zero-order valence-electron chi connectivity index (χ0n) is 11.3. The summed E-state index contributed by atoms with van der Waals surface area (Å²) in [5.74, 6) is 5.92. The lowest BCUT2D eigenvalue weighted by Crippen LogP contribution is -2.26. The second kappa shape index (κ2) is 7.36. The molecule has 6 nitrogen and oxygen atoms in total. The molecular weight excluding hydrogens is 286 g/mol. The summed E-state index contributed by atoms with van der Waals surface area (Å²) in [6.07, 6.45) is 2.03. The minimum Gasteiger partial charge on any atom is -0.354 e. The second-order valence-electron chi connectivity index (χ2n) is 4.23. The number of benzene rings is 1. The van der Waals surface area contributed by atoms with Crippen molar-refractivity contribution in [3.63, 3.8) is 0 Å². The summed E-state index contributed by atoms with van der Waals surface area (Å²) >= 11 is 1.26. The van der Waals surface area contributed by atoms with Crippen molar-refractivity contribution < 1.29 is 4.79 Å². The first kappa shape index (κ1) is 14.9. The zero-order valence-corrected chi connectivity index (χ0v) is 12.1. The fourth-order valence-corrected chi connectivity index (χ4v) is 2.40. The van der Waals surface area contributed by atoms with Crippen LogP contribution in [0.4, 0.5) is 0 Å². The molecule has 0 spiro atoms. The van der Waals surface area contributed by atoms with Gasteiger partial charge in [-0.3, -0.25) is 4.79 Å². The summed E-state index contributed by atoms with van der Waals surface area (Å²) < 4.78 is 1.41. The standard InChI is InChI=1S/C14H15N5OS/c15-7-4-8-17-13(20)10-21-14-18-12(9-19(14)16)11-5-2-1-3-6-11/h1-3,5-6,9H,4,8,10,16H2,(H,17,20). The minimum atomic E-state index is -0.139. The topological polar surface area (TPSA) is 96.7 Å². The van der Waals surface area contributed by atoms with Gasteiger partial charge in [-0.2, -0.15) is 5.26 Å². The van der Waals surface area contributed by atoms with Gasteiger partial charge in [0.2, 0.25) is 5.91 Å². The van der Waals surface area contributed by atoms with E-state index in [1.54, 1.807) is 6.20 Å². The van der Waals surface area contributed by atoms with Crippen LogP contribution in [0, 0.1) is 11.3 Å². The first-order valence-corrected chi connectivity index (χ1v) is 7.35. The Labute approximate surface area is 126 Å². The van der Waals surface area contributed by atoms with Crippen molar-refractivity contribution in [3.05, 3.63) is 36.5 Å². The van der Waals surface area contributed by atoms with Crippen LogP contribution in [-0.4, -0.2) is 27.9 Å². The summed E-state index contributed by atoms with van der Waals surface area (Å²) in [5, 5.41) is 11.6. The molecule has 1 aromatic carbocycles. The van der Waals surface area contributed by atoms with Crippen molar-refractivity contribution in [1.29, 1.82) is 5.26 Å². The predicted molar refractivity (Wildman–Crippen MR) is 81.8 cm³/mol. The lowest BCUT2D eigenvalue weighted by molar-refractivity contribution is -0.118. The predicted octanol–water partition coefficient (Wildman–Crippen LogP) is 1.39. The smallest absolute Gasteiger partial charge is 0.230 e. The summed E-state index contributed by atoms with van der Waals surface area (Å²) in [7, 11) is 0. The van der Waals surface area contributed by atoms with Gasteiger partial charge in [-0.05, 0) is 0 Å². The van der Waals surface area contributed by atoms with Gasteiger partial charge in [-0.25, -0.2) is 9.66 Å². The highest BCUT2D eigenvalue weighted by atomic mass is 32.2. The Kier molecular flexibility index (Phi) is 5.23. The molecule has 0 atom stereocenters. The fraction of sp³-hybridized carbons (Fsp3) is 0.214. The summed E-state index contributed by atoms with van der Waals surface area (Å²) in [4.78, 5) is 16.0. The van der Waals surface area contributed by atoms with Crippen LogP contribution in [0.1, 0.15) is 6.42 Å². The van der Waals surface area contributed by atoms with Gasteiger partial charge in [0.25, 0.3) is 0 Å². The quantitative estimate of drug-likeness (QED) is 0.477. The largest absolute Gasteiger partial charge is 0.354 e. The maximum atomic E-state index is 11.6. The molecule has 0 bridgehead atoms. The number of nitriles is 1. The number of hydrogen-bond donors (Lipinski definition) is 2. The van der Waals surface area contributed by atoms with Gasteiger partial charge in [0, 0.05) is 12.1 Å². The number of thioether (sulfide) groups is 1. The maximum absolute atomic E-state index is 11.6. The molecule has 0 unspecified atom stereocenters. The number of carbonyl (C=O) groups is 1. The van der Waals surface area contributed by atoms with Crippen LogP contribution in [0.15, 0.2) is 41.7 Å². The third-order valence-corrected chi connectivity index (χ3v) is 3.63. The van der Waals surface area contributed by atoms with Crippen LogP contribution >= 0.6 is 11.8 Å². The van der Waals surface area contributed by atoms with Crippen LogP contribution in [-0.2, 0) is 4.79 Å². The molecule has 1 heterocycles. The number of carbonyl (C=O) groups excluding carboxylic acids is 1. The Morgan fingerprint density at radius 2 is 2.19 bits per heavy atom. The number of aromatic nitrogens is 2. The van der Waals surface area contributed by atoms with Gasteiger partial charge in [-0.15, -0.1) is 0 Å². The third-order valence-electron chi connectivity index (χ3n) is 2.66. The van der Waals surface area contributed by atoms with Gasteiger partial charge in [0.15, 0.2) is 5.16 Å². The first-order valence-electron chi connectivity index (χ1n) is 6.37. The highest BCUT2D eigenvalue weighted by molar-refractivity contribution is 7.99. The molecule has 3 N–H and O–H groups in total. The highest BCUT2D eigenvalue weighted by Gasteiger charge is 2.10. The third kappa shape index (κ3) is 4.26. The SMILES string of the molecule is N#CCCNC(=O)CSc1nc(-c2ccccc2)cn1N. The van der Waals surface area contributed by atoms with Crippen molar-refractivity contribution in [3.8, 4) is 17.3 Å². The van der Waals surface area contributed by atoms with E-state index in [-0.39, 0.29) is 11.7 Å². The van der Waals surface area contributed by atoms with E-state index in [0.29, 0.717) is 18.1 Å². The number of nitrogens with two attached hydrogens (primary N) is 1. The van der Waals surface area contributed by atoms with Crippen LogP contribution in [0.2, 0.25) is 0 Å². The molecule has 0 fully saturated rings. The lowest BCUT2D eigenvalue weighted by Gasteiger charge is -2.02. The monoisotopic (exact) mass is 301 g/mol. The number of nitrogens with one attached hydrogen (secondary N) is 1. The van der Waals surface area contributed by atoms with E-state index in [0.717, 1.165) is 11.3 Å². The number of amides is 1. The molecule has 2 rings (SSSR count). The molecule has 21 heavy (non-hydrogen) atoms. The normalized spacial score (nSPS) is 10.0. The van der Waals surface area contributed by atoms with Crippen molar-refractivity contribution in [2.45, 2.75) is 11.6 Å². The first-order chi connectivity index (χ1) is 10.2. The van der Waals surface area contributed by atoms with Gasteiger partial charge >= 0.3 is 0 Å². The molecule has 2 aromatic rings. The van der Waals surface area contributed by atoms with E-state index in [9.17, 15) is 4.79 Å². The van der Waals surface area contributed by atoms with E-state index < -0.39 is 0 Å². The van der Waals surface area contributed by atoms with Gasteiger partial charge < -0.3 is 11.2 Å². The maximum Gasteiger partial charge on any atom is 0.230 e. The lowest BCUT2D eigenvalue weighted by atomic mass is 10.2. The van der Waals surface area contributed by atoms with Crippen molar-refractivity contribution in [2.75, 3.05) is 18.1 Å². The molecule has 108 valence electrons. The molecule has 7 heteroatoms. The number of rotatable bonds is 6. The van der Waals surface area contributed by atoms with E-state index >= 15 is 0 Å². The Morgan fingerprint density at radius 3 is 2.90 bits per heavy atom. The Bertz CT molecular complexity index is 647. The van der Waals surface area contributed by atoms with Crippen molar-refractivity contribution >= 4 is 17.7 Å². The molecule has 0 saturated heterocycles. The average molecular weight is 301 g/mol. The number of imidazole rings is 1. The summed E-state index contributed by atoms with van der Waals surface area (Å²) in [6, 6.07) is 11.7. The molecule has 0 radical (unpaired) electrons. The van der Waals surface area contributed by atoms with E-state index in [1.807, 2.05) is 36.4 Å². The molecular formula is C14H15N5OS. The number of nitrogen functional groups attached to an aromatic ring is 1. The number of nitrogens with zero attached hydrogens (tertiary/aromatic N) is 3. The number of hydrogen-bond acceptors (Lipinski definition) is 5. The Morgan fingerprint density at radius 1 is 1.43 bits per heavy atom. The van der Waals surface area contributed by atoms with Crippen LogP contribution in [0.25, 0.3) is 11.3 Å². The van der Waals surface area contributed by atoms with Crippen LogP contribution < -0.4 is 11.2 Å². The molecule has 0 aliphatic rings. The van der Waals surface area contributed by atoms with Gasteiger partial charge in [-0.1, -0.05) is 42.1 Å². The Balaban J connectivity index is 1.94. The molecule has 1 aromatic heterocycles. The zero-order chi connectivity index (χ0) is 15.1. The van der Waals surface area contributed by atoms with E-state index in [4.69, 9.17) is 11.1 Å². The molecule has 0 aliphatic heterocycles. The van der Waals surface area contributed by atoms with Gasteiger partial charge in [0.05, 0.1) is 30.1 Å². The second-order valence-corrected chi connectivity index (χ2v) is 5.17. The molecule has 1 amide bonds. The van der Waals surface area contributed by atoms with Crippen molar-refractivity contribution in [1.82, 2.24) is 15.0 Å². The summed E-state index contributed by atoms with van der Waals surface area (Å²) in [6.45, 7) is 0.363. The van der Waals surface area contributed by atoms with Crippen LogP contribution in [0.5, 0.6) is 0 Å². The van der Waals surface area contributed by atoms with E-state index in [2.05, 4.69) is 10.3 Å².